The second-order valence-corrected chi connectivity index (χ2v) is 6.02. The number of aliphatic hydroxyl groups is 1. The van der Waals surface area contributed by atoms with Crippen LogP contribution in [-0.2, 0) is 13.6 Å². The molecule has 0 saturated heterocycles. The van der Waals surface area contributed by atoms with Crippen LogP contribution >= 0.6 is 7.60 Å². The predicted molar refractivity (Wildman–Crippen MR) is 73.7 cm³/mol. The lowest BCUT2D eigenvalue weighted by atomic mass is 10.1. The molecule has 19 heavy (non-hydrogen) atoms. The highest BCUT2D eigenvalue weighted by atomic mass is 31.2. The molecule has 0 aromatic heterocycles. The van der Waals surface area contributed by atoms with Crippen LogP contribution in [-0.4, -0.2) is 31.6 Å². The van der Waals surface area contributed by atoms with Crippen LogP contribution in [0.15, 0.2) is 24.3 Å². The van der Waals surface area contributed by atoms with E-state index < -0.39 is 13.7 Å². The van der Waals surface area contributed by atoms with E-state index in [2.05, 4.69) is 0 Å². The quantitative estimate of drug-likeness (QED) is 0.745. The fraction of sp³-hybridized carbons (Fsp3) is 0.538. The minimum Gasteiger partial charge on any atom is -0.497 e. The zero-order chi connectivity index (χ0) is 14.3. The van der Waals surface area contributed by atoms with Crippen molar-refractivity contribution in [3.05, 3.63) is 29.8 Å². The van der Waals surface area contributed by atoms with Gasteiger partial charge in [0.15, 0.2) is 0 Å². The molecular formula is C13H21O5P. The molecule has 0 spiro atoms. The third-order valence-electron chi connectivity index (χ3n) is 2.55. The van der Waals surface area contributed by atoms with Crippen molar-refractivity contribution in [3.63, 3.8) is 0 Å². The monoisotopic (exact) mass is 288 g/mol. The van der Waals surface area contributed by atoms with E-state index in [4.69, 9.17) is 13.8 Å². The smallest absolute Gasteiger partial charge is 0.333 e. The molecule has 0 radical (unpaired) electrons. The molecule has 0 heterocycles. The molecule has 1 aromatic rings. The maximum absolute atomic E-state index is 12.3. The molecule has 0 bridgehead atoms. The summed E-state index contributed by atoms with van der Waals surface area (Å²) in [6, 6.07) is 6.94. The first-order chi connectivity index (χ1) is 9.04. The Kier molecular flexibility index (Phi) is 6.52. The van der Waals surface area contributed by atoms with Crippen molar-refractivity contribution in [2.75, 3.05) is 26.5 Å². The number of hydrogen-bond acceptors (Lipinski definition) is 5. The molecule has 1 N–H and O–H groups in total. The number of benzene rings is 1. The molecule has 5 nitrogen and oxygen atoms in total. The normalized spacial score (nSPS) is 13.3. The predicted octanol–water partition coefficient (Wildman–Crippen LogP) is 2.99. The Hall–Kier alpha value is -0.870. The van der Waals surface area contributed by atoms with Crippen LogP contribution < -0.4 is 4.74 Å². The van der Waals surface area contributed by atoms with Crippen molar-refractivity contribution in [3.8, 4) is 5.75 Å². The van der Waals surface area contributed by atoms with Crippen molar-refractivity contribution in [2.24, 2.45) is 0 Å². The van der Waals surface area contributed by atoms with E-state index in [0.717, 1.165) is 0 Å². The highest BCUT2D eigenvalue weighted by Crippen LogP contribution is 2.50. The topological polar surface area (TPSA) is 65.0 Å². The standard InChI is InChI=1S/C13H21O5P/c1-4-17-19(15,18-5-2)10-13(14)11-6-8-12(16-3)9-7-11/h6-9,13-14H,4-5,10H2,1-3H3. The Labute approximate surface area is 114 Å². The van der Waals surface area contributed by atoms with Crippen LogP contribution in [0.5, 0.6) is 5.75 Å². The fourth-order valence-electron chi connectivity index (χ4n) is 1.68. The summed E-state index contributed by atoms with van der Waals surface area (Å²) in [4.78, 5) is 0. The lowest BCUT2D eigenvalue weighted by Gasteiger charge is -2.20. The molecule has 0 fully saturated rings. The highest BCUT2D eigenvalue weighted by Gasteiger charge is 2.28. The Morgan fingerprint density at radius 2 is 1.68 bits per heavy atom. The van der Waals surface area contributed by atoms with Gasteiger partial charge in [-0.05, 0) is 31.5 Å². The van der Waals surface area contributed by atoms with Gasteiger partial charge in [0.1, 0.15) is 5.75 Å². The summed E-state index contributed by atoms with van der Waals surface area (Å²) in [6.07, 6.45) is -0.948. The van der Waals surface area contributed by atoms with Crippen LogP contribution in [0.2, 0.25) is 0 Å². The van der Waals surface area contributed by atoms with Gasteiger partial charge >= 0.3 is 7.60 Å². The summed E-state index contributed by atoms with van der Waals surface area (Å²) in [5.74, 6) is 0.703. The van der Waals surface area contributed by atoms with E-state index in [1.54, 1.807) is 45.2 Å². The Morgan fingerprint density at radius 1 is 1.16 bits per heavy atom. The summed E-state index contributed by atoms with van der Waals surface area (Å²) in [6.45, 7) is 4.05. The van der Waals surface area contributed by atoms with Crippen molar-refractivity contribution in [1.82, 2.24) is 0 Å². The highest BCUT2D eigenvalue weighted by molar-refractivity contribution is 7.53. The second-order valence-electron chi connectivity index (χ2n) is 3.92. The van der Waals surface area contributed by atoms with Crippen LogP contribution in [0.3, 0.4) is 0 Å². The third kappa shape index (κ3) is 4.96. The Balaban J connectivity index is 2.75. The van der Waals surface area contributed by atoms with Crippen LogP contribution in [0.4, 0.5) is 0 Å². The zero-order valence-corrected chi connectivity index (χ0v) is 12.4. The van der Waals surface area contributed by atoms with Gasteiger partial charge in [0, 0.05) is 0 Å². The first-order valence-corrected chi connectivity index (χ1v) is 7.97. The minimum absolute atomic E-state index is 0.0546. The van der Waals surface area contributed by atoms with Crippen molar-refractivity contribution < 1.29 is 23.5 Å². The van der Waals surface area contributed by atoms with Gasteiger partial charge in [0.25, 0.3) is 0 Å². The Morgan fingerprint density at radius 3 is 2.11 bits per heavy atom. The number of rotatable bonds is 8. The van der Waals surface area contributed by atoms with E-state index in [1.165, 1.54) is 0 Å². The van der Waals surface area contributed by atoms with Crippen LogP contribution in [0.25, 0.3) is 0 Å². The van der Waals surface area contributed by atoms with E-state index in [-0.39, 0.29) is 19.4 Å². The molecule has 0 amide bonds. The molecule has 0 aliphatic carbocycles. The van der Waals surface area contributed by atoms with E-state index in [1.807, 2.05) is 0 Å². The summed E-state index contributed by atoms with van der Waals surface area (Å²) >= 11 is 0. The molecule has 0 saturated carbocycles. The molecule has 6 heteroatoms. The maximum Gasteiger partial charge on any atom is 0.333 e. The van der Waals surface area contributed by atoms with E-state index >= 15 is 0 Å². The summed E-state index contributed by atoms with van der Waals surface area (Å²) in [5.41, 5.74) is 0.653. The molecular weight excluding hydrogens is 267 g/mol. The fourth-order valence-corrected chi connectivity index (χ4v) is 3.39. The molecule has 1 rings (SSSR count). The van der Waals surface area contributed by atoms with E-state index in [0.29, 0.717) is 11.3 Å². The van der Waals surface area contributed by atoms with Gasteiger partial charge in [-0.2, -0.15) is 0 Å². The first kappa shape index (κ1) is 16.2. The Bertz CT molecular complexity index is 408. The van der Waals surface area contributed by atoms with Gasteiger partial charge in [-0.25, -0.2) is 0 Å². The lowest BCUT2D eigenvalue weighted by molar-refractivity contribution is 0.170. The van der Waals surface area contributed by atoms with E-state index in [9.17, 15) is 9.67 Å². The summed E-state index contributed by atoms with van der Waals surface area (Å²) in [7, 11) is -1.67. The third-order valence-corrected chi connectivity index (χ3v) is 4.64. The average Bonchev–Trinajstić information content (AvgIpc) is 2.39. The lowest BCUT2D eigenvalue weighted by Crippen LogP contribution is -2.08. The largest absolute Gasteiger partial charge is 0.497 e. The van der Waals surface area contributed by atoms with Crippen molar-refractivity contribution in [1.29, 1.82) is 0 Å². The second kappa shape index (κ2) is 7.65. The zero-order valence-electron chi connectivity index (χ0n) is 11.5. The van der Waals surface area contributed by atoms with Gasteiger partial charge < -0.3 is 18.9 Å². The van der Waals surface area contributed by atoms with Gasteiger partial charge in [-0.1, -0.05) is 12.1 Å². The SMILES string of the molecule is CCOP(=O)(CC(O)c1ccc(OC)cc1)OCC. The molecule has 0 aliphatic rings. The molecule has 1 aromatic carbocycles. The maximum atomic E-state index is 12.3. The summed E-state index contributed by atoms with van der Waals surface area (Å²) < 4.78 is 27.6. The van der Waals surface area contributed by atoms with Crippen LogP contribution in [0.1, 0.15) is 25.5 Å². The van der Waals surface area contributed by atoms with Crippen molar-refractivity contribution >= 4 is 7.60 Å². The van der Waals surface area contributed by atoms with Crippen LogP contribution in [0, 0.1) is 0 Å². The van der Waals surface area contributed by atoms with Gasteiger partial charge in [0.2, 0.25) is 0 Å². The molecule has 1 atom stereocenters. The molecule has 1 unspecified atom stereocenters. The number of methoxy groups -OCH3 is 1. The van der Waals surface area contributed by atoms with Crippen molar-refractivity contribution in [2.45, 2.75) is 20.0 Å². The summed E-state index contributed by atoms with van der Waals surface area (Å²) in [5, 5.41) is 10.1. The average molecular weight is 288 g/mol. The number of aliphatic hydroxyl groups excluding tert-OH is 1. The number of ether oxygens (including phenoxy) is 1. The van der Waals surface area contributed by atoms with Gasteiger partial charge in [-0.3, -0.25) is 4.57 Å². The first-order valence-electron chi connectivity index (χ1n) is 6.24. The molecule has 0 aliphatic heterocycles. The van der Waals surface area contributed by atoms with Gasteiger partial charge in [0.05, 0.1) is 32.6 Å². The minimum atomic E-state index is -3.24. The van der Waals surface area contributed by atoms with Gasteiger partial charge in [-0.15, -0.1) is 0 Å². The number of hydrogen-bond donors (Lipinski definition) is 1. The molecule has 108 valence electrons.